The van der Waals surface area contributed by atoms with E-state index in [2.05, 4.69) is 10.6 Å². The minimum atomic E-state index is -0.456. The molecule has 3 amide bonds. The zero-order chi connectivity index (χ0) is 19.6. The van der Waals surface area contributed by atoms with E-state index in [0.29, 0.717) is 22.1 Å². The molecule has 0 saturated carbocycles. The molecule has 0 bridgehead atoms. The molecule has 1 aliphatic rings. The van der Waals surface area contributed by atoms with Gasteiger partial charge in [0.2, 0.25) is 17.7 Å². The number of nitrogens with one attached hydrogen (secondary N) is 2. The minimum absolute atomic E-state index is 0.128. The van der Waals surface area contributed by atoms with E-state index in [4.69, 9.17) is 11.6 Å². The first-order chi connectivity index (χ1) is 12.8. The van der Waals surface area contributed by atoms with Crippen LogP contribution in [-0.2, 0) is 14.4 Å². The van der Waals surface area contributed by atoms with Crippen molar-refractivity contribution in [2.45, 2.75) is 20.3 Å². The largest absolute Gasteiger partial charge is 0.326 e. The summed E-state index contributed by atoms with van der Waals surface area (Å²) >= 11 is 6.09. The summed E-state index contributed by atoms with van der Waals surface area (Å²) in [5, 5.41) is 6.09. The van der Waals surface area contributed by atoms with Gasteiger partial charge >= 0.3 is 0 Å². The lowest BCUT2D eigenvalue weighted by molar-refractivity contribution is -0.122. The average Bonchev–Trinajstić information content (AvgIpc) is 3.00. The van der Waals surface area contributed by atoms with Gasteiger partial charge in [-0.15, -0.1) is 0 Å². The normalized spacial score (nSPS) is 16.3. The van der Waals surface area contributed by atoms with Gasteiger partial charge in [0.15, 0.2) is 0 Å². The van der Waals surface area contributed by atoms with E-state index in [1.165, 1.54) is 6.92 Å². The predicted octanol–water partition coefficient (Wildman–Crippen LogP) is 3.60. The standard InChI is InChI=1S/C20H20ClN3O3/c1-12-6-7-16(10-18(12)21)23-20(27)14-8-19(26)24(11-14)17-5-3-4-15(9-17)22-13(2)25/h3-7,9-10,14H,8,11H2,1-2H3,(H,22,25)(H,23,27). The Labute approximate surface area is 162 Å². The van der Waals surface area contributed by atoms with E-state index in [0.717, 1.165) is 5.56 Å². The van der Waals surface area contributed by atoms with Gasteiger partial charge in [0.1, 0.15) is 0 Å². The highest BCUT2D eigenvalue weighted by molar-refractivity contribution is 6.31. The molecule has 2 N–H and O–H groups in total. The molecule has 0 aliphatic carbocycles. The molecular weight excluding hydrogens is 366 g/mol. The fraction of sp³-hybridized carbons (Fsp3) is 0.250. The lowest BCUT2D eigenvalue weighted by Gasteiger charge is -2.18. The molecule has 0 aromatic heterocycles. The Balaban J connectivity index is 1.70. The smallest absolute Gasteiger partial charge is 0.229 e. The number of carbonyl (C=O) groups excluding carboxylic acids is 3. The first-order valence-corrected chi connectivity index (χ1v) is 8.96. The van der Waals surface area contributed by atoms with Gasteiger partial charge in [-0.25, -0.2) is 0 Å². The summed E-state index contributed by atoms with van der Waals surface area (Å²) in [7, 11) is 0. The van der Waals surface area contributed by atoms with Crippen LogP contribution < -0.4 is 15.5 Å². The third-order valence-corrected chi connectivity index (χ3v) is 4.82. The van der Waals surface area contributed by atoms with E-state index in [1.807, 2.05) is 13.0 Å². The number of amides is 3. The third-order valence-electron chi connectivity index (χ3n) is 4.41. The Kier molecular flexibility index (Phi) is 5.46. The van der Waals surface area contributed by atoms with Crippen molar-refractivity contribution >= 4 is 46.4 Å². The Hall–Kier alpha value is -2.86. The maximum atomic E-state index is 12.6. The molecule has 1 heterocycles. The van der Waals surface area contributed by atoms with Crippen LogP contribution in [0.25, 0.3) is 0 Å². The Morgan fingerprint density at radius 3 is 2.56 bits per heavy atom. The third kappa shape index (κ3) is 4.46. The zero-order valence-electron chi connectivity index (χ0n) is 15.1. The second kappa shape index (κ2) is 7.80. The molecule has 1 aliphatic heterocycles. The molecule has 1 atom stereocenters. The van der Waals surface area contributed by atoms with Crippen molar-refractivity contribution in [2.24, 2.45) is 5.92 Å². The zero-order valence-corrected chi connectivity index (χ0v) is 15.8. The quantitative estimate of drug-likeness (QED) is 0.844. The second-order valence-corrected chi connectivity index (χ2v) is 7.00. The van der Waals surface area contributed by atoms with E-state index in [1.54, 1.807) is 41.3 Å². The van der Waals surface area contributed by atoms with E-state index < -0.39 is 5.92 Å². The van der Waals surface area contributed by atoms with E-state index in [9.17, 15) is 14.4 Å². The number of carbonyl (C=O) groups is 3. The Morgan fingerprint density at radius 2 is 1.85 bits per heavy atom. The number of nitrogens with zero attached hydrogens (tertiary/aromatic N) is 1. The molecule has 1 saturated heterocycles. The molecule has 6 nitrogen and oxygen atoms in total. The average molecular weight is 386 g/mol. The highest BCUT2D eigenvalue weighted by Gasteiger charge is 2.35. The molecule has 1 unspecified atom stereocenters. The number of halogens is 1. The number of rotatable bonds is 4. The van der Waals surface area contributed by atoms with Crippen LogP contribution in [0.2, 0.25) is 5.02 Å². The first kappa shape index (κ1) is 18.9. The molecule has 2 aromatic carbocycles. The summed E-state index contributed by atoms with van der Waals surface area (Å²) in [5.74, 6) is -0.989. The van der Waals surface area contributed by atoms with Crippen molar-refractivity contribution < 1.29 is 14.4 Å². The molecule has 2 aromatic rings. The summed E-state index contributed by atoms with van der Waals surface area (Å²) in [4.78, 5) is 37.8. The Morgan fingerprint density at radius 1 is 1.11 bits per heavy atom. The summed E-state index contributed by atoms with van der Waals surface area (Å²) < 4.78 is 0. The molecule has 3 rings (SSSR count). The van der Waals surface area contributed by atoms with Crippen LogP contribution in [0.15, 0.2) is 42.5 Å². The number of aryl methyl sites for hydroxylation is 1. The van der Waals surface area contributed by atoms with Crippen LogP contribution in [0.5, 0.6) is 0 Å². The SMILES string of the molecule is CC(=O)Nc1cccc(N2CC(C(=O)Nc3ccc(C)c(Cl)c3)CC2=O)c1. The highest BCUT2D eigenvalue weighted by atomic mass is 35.5. The number of benzene rings is 2. The topological polar surface area (TPSA) is 78.5 Å². The van der Waals surface area contributed by atoms with Crippen LogP contribution in [-0.4, -0.2) is 24.3 Å². The Bertz CT molecular complexity index is 913. The van der Waals surface area contributed by atoms with Gasteiger partial charge in [-0.3, -0.25) is 14.4 Å². The molecule has 0 radical (unpaired) electrons. The van der Waals surface area contributed by atoms with Crippen molar-refractivity contribution in [3.8, 4) is 0 Å². The van der Waals surface area contributed by atoms with E-state index >= 15 is 0 Å². The van der Waals surface area contributed by atoms with Crippen LogP contribution >= 0.6 is 11.6 Å². The number of hydrogen-bond donors (Lipinski definition) is 2. The van der Waals surface area contributed by atoms with Crippen LogP contribution in [0.4, 0.5) is 17.1 Å². The summed E-state index contributed by atoms with van der Waals surface area (Å²) in [6.07, 6.45) is 0.135. The van der Waals surface area contributed by atoms with Gasteiger partial charge in [-0.2, -0.15) is 0 Å². The minimum Gasteiger partial charge on any atom is -0.326 e. The molecule has 7 heteroatoms. The van der Waals surface area contributed by atoms with Crippen molar-refractivity contribution in [1.82, 2.24) is 0 Å². The first-order valence-electron chi connectivity index (χ1n) is 8.58. The van der Waals surface area contributed by atoms with Gasteiger partial charge in [-0.05, 0) is 42.8 Å². The van der Waals surface area contributed by atoms with Gasteiger partial charge in [0.05, 0.1) is 5.92 Å². The van der Waals surface area contributed by atoms with Crippen molar-refractivity contribution in [3.05, 3.63) is 53.1 Å². The molecular formula is C20H20ClN3O3. The molecule has 27 heavy (non-hydrogen) atoms. The molecule has 1 fully saturated rings. The lowest BCUT2D eigenvalue weighted by atomic mass is 10.1. The van der Waals surface area contributed by atoms with Gasteiger partial charge in [0, 0.05) is 42.0 Å². The lowest BCUT2D eigenvalue weighted by Crippen LogP contribution is -2.28. The maximum Gasteiger partial charge on any atom is 0.229 e. The summed E-state index contributed by atoms with van der Waals surface area (Å²) in [5.41, 5.74) is 2.79. The van der Waals surface area contributed by atoms with Crippen LogP contribution in [0.1, 0.15) is 18.9 Å². The predicted molar refractivity (Wildman–Crippen MR) is 106 cm³/mol. The van der Waals surface area contributed by atoms with Crippen LogP contribution in [0, 0.1) is 12.8 Å². The fourth-order valence-electron chi connectivity index (χ4n) is 3.00. The summed E-state index contributed by atoms with van der Waals surface area (Å²) in [6.45, 7) is 3.59. The number of anilines is 3. The van der Waals surface area contributed by atoms with Gasteiger partial charge in [0.25, 0.3) is 0 Å². The van der Waals surface area contributed by atoms with Gasteiger partial charge in [-0.1, -0.05) is 23.7 Å². The molecule has 0 spiro atoms. The highest BCUT2D eigenvalue weighted by Crippen LogP contribution is 2.28. The molecule has 140 valence electrons. The van der Waals surface area contributed by atoms with Crippen molar-refractivity contribution in [2.75, 3.05) is 22.1 Å². The van der Waals surface area contributed by atoms with Gasteiger partial charge < -0.3 is 15.5 Å². The van der Waals surface area contributed by atoms with Crippen LogP contribution in [0.3, 0.4) is 0 Å². The fourth-order valence-corrected chi connectivity index (χ4v) is 3.18. The summed E-state index contributed by atoms with van der Waals surface area (Å²) in [6, 6.07) is 12.3. The van der Waals surface area contributed by atoms with Crippen molar-refractivity contribution in [1.29, 1.82) is 0 Å². The van der Waals surface area contributed by atoms with E-state index in [-0.39, 0.29) is 30.7 Å². The number of hydrogen-bond acceptors (Lipinski definition) is 3. The monoisotopic (exact) mass is 385 g/mol. The second-order valence-electron chi connectivity index (χ2n) is 6.59. The van der Waals surface area contributed by atoms with Crippen molar-refractivity contribution in [3.63, 3.8) is 0 Å². The maximum absolute atomic E-state index is 12.6.